The summed E-state index contributed by atoms with van der Waals surface area (Å²) in [5.74, 6) is 1.02. The van der Waals surface area contributed by atoms with Crippen LogP contribution in [0.4, 0.5) is 5.82 Å². The van der Waals surface area contributed by atoms with E-state index in [2.05, 4.69) is 41.7 Å². The molecule has 0 aromatic carbocycles. The molecule has 0 atom stereocenters. The fourth-order valence-electron chi connectivity index (χ4n) is 2.21. The minimum absolute atomic E-state index is 0.372. The fraction of sp³-hybridized carbons (Fsp3) is 0.615. The summed E-state index contributed by atoms with van der Waals surface area (Å²) in [7, 11) is 0. The highest BCUT2D eigenvalue weighted by Gasteiger charge is 2.21. The Morgan fingerprint density at radius 3 is 2.74 bits per heavy atom. The quantitative estimate of drug-likeness (QED) is 0.782. The van der Waals surface area contributed by atoms with Crippen molar-refractivity contribution in [3.63, 3.8) is 0 Å². The summed E-state index contributed by atoms with van der Waals surface area (Å²) in [5, 5.41) is 0. The monoisotopic (exact) mass is 391 g/mol. The van der Waals surface area contributed by atoms with Crippen molar-refractivity contribution in [1.29, 1.82) is 0 Å². The lowest BCUT2D eigenvalue weighted by atomic mass is 10.1. The maximum Gasteiger partial charge on any atom is 0.142 e. The number of hydrogen-bond donors (Lipinski definition) is 1. The van der Waals surface area contributed by atoms with E-state index >= 15 is 0 Å². The third kappa shape index (κ3) is 4.41. The van der Waals surface area contributed by atoms with Gasteiger partial charge in [0.2, 0.25) is 0 Å². The Kier molecular flexibility index (Phi) is 6.06. The van der Waals surface area contributed by atoms with Gasteiger partial charge in [0, 0.05) is 30.4 Å². The molecule has 0 radical (unpaired) electrons. The number of rotatable bonds is 5. The normalized spacial score (nSPS) is 16.9. The average Bonchev–Trinajstić information content (AvgIpc) is 2.40. The van der Waals surface area contributed by atoms with E-state index in [0.717, 1.165) is 53.7 Å². The van der Waals surface area contributed by atoms with E-state index in [-0.39, 0.29) is 0 Å². The highest BCUT2D eigenvalue weighted by molar-refractivity contribution is 9.11. The van der Waals surface area contributed by atoms with Gasteiger partial charge in [-0.05, 0) is 63.7 Å². The van der Waals surface area contributed by atoms with Gasteiger partial charge < -0.3 is 15.4 Å². The average molecular weight is 393 g/mol. The van der Waals surface area contributed by atoms with Gasteiger partial charge in [-0.1, -0.05) is 0 Å². The van der Waals surface area contributed by atoms with E-state index in [4.69, 9.17) is 10.5 Å². The Morgan fingerprint density at radius 2 is 2.11 bits per heavy atom. The largest absolute Gasteiger partial charge is 0.378 e. The van der Waals surface area contributed by atoms with Gasteiger partial charge in [0.1, 0.15) is 5.82 Å². The highest BCUT2D eigenvalue weighted by atomic mass is 79.9. The minimum atomic E-state index is 0.372. The van der Waals surface area contributed by atoms with Crippen molar-refractivity contribution in [3.05, 3.63) is 21.2 Å². The molecule has 0 aliphatic carbocycles. The van der Waals surface area contributed by atoms with Gasteiger partial charge in [-0.2, -0.15) is 0 Å². The summed E-state index contributed by atoms with van der Waals surface area (Å²) in [6, 6.07) is 2.03. The predicted molar refractivity (Wildman–Crippen MR) is 84.5 cm³/mol. The number of nitrogens with two attached hydrogens (primary N) is 1. The van der Waals surface area contributed by atoms with Crippen molar-refractivity contribution in [1.82, 2.24) is 4.98 Å². The zero-order valence-corrected chi connectivity index (χ0v) is 14.0. The number of ether oxygens (including phenoxy) is 1. The van der Waals surface area contributed by atoms with Crippen molar-refractivity contribution in [2.75, 3.05) is 31.1 Å². The van der Waals surface area contributed by atoms with Gasteiger partial charge in [-0.3, -0.25) is 0 Å². The first-order chi connectivity index (χ1) is 9.20. The van der Waals surface area contributed by atoms with E-state index in [9.17, 15) is 0 Å². The van der Waals surface area contributed by atoms with E-state index in [0.29, 0.717) is 12.6 Å². The molecule has 1 saturated heterocycles. The summed E-state index contributed by atoms with van der Waals surface area (Å²) in [4.78, 5) is 6.78. The van der Waals surface area contributed by atoms with Crippen LogP contribution in [0.1, 0.15) is 19.3 Å². The van der Waals surface area contributed by atoms with Crippen molar-refractivity contribution in [2.45, 2.75) is 25.4 Å². The smallest absolute Gasteiger partial charge is 0.142 e. The molecule has 2 heterocycles. The molecule has 1 aliphatic heterocycles. The molecule has 0 spiro atoms. The maximum atomic E-state index is 5.81. The van der Waals surface area contributed by atoms with Gasteiger partial charge in [-0.25, -0.2) is 4.98 Å². The molecule has 0 unspecified atom stereocenters. The lowest BCUT2D eigenvalue weighted by molar-refractivity contribution is 0.0365. The molecular weight excluding hydrogens is 374 g/mol. The molecule has 1 aliphatic rings. The number of nitrogens with zero attached hydrogens (tertiary/aromatic N) is 2. The summed E-state index contributed by atoms with van der Waals surface area (Å²) in [5.41, 5.74) is 5.47. The summed E-state index contributed by atoms with van der Waals surface area (Å²) >= 11 is 6.99. The number of anilines is 1. The van der Waals surface area contributed by atoms with Gasteiger partial charge in [0.15, 0.2) is 0 Å². The fourth-order valence-corrected chi connectivity index (χ4v) is 3.45. The van der Waals surface area contributed by atoms with Crippen LogP contribution < -0.4 is 10.6 Å². The summed E-state index contributed by atoms with van der Waals surface area (Å²) in [6.07, 6.45) is 5.25. The molecule has 1 aromatic rings. The molecular formula is C13H19Br2N3O. The molecule has 19 heavy (non-hydrogen) atoms. The molecule has 0 saturated carbocycles. The molecule has 2 N–H and O–H groups in total. The van der Waals surface area contributed by atoms with Gasteiger partial charge in [-0.15, -0.1) is 0 Å². The van der Waals surface area contributed by atoms with E-state index in [1.165, 1.54) is 0 Å². The lowest BCUT2D eigenvalue weighted by Crippen LogP contribution is -2.37. The Bertz CT molecular complexity index is 409. The molecule has 1 fully saturated rings. The third-order valence-electron chi connectivity index (χ3n) is 3.23. The van der Waals surface area contributed by atoms with Crippen LogP contribution in [0.5, 0.6) is 0 Å². The van der Waals surface area contributed by atoms with Crippen LogP contribution in [0.15, 0.2) is 21.2 Å². The Hall–Kier alpha value is -0.170. The highest BCUT2D eigenvalue weighted by Crippen LogP contribution is 2.29. The van der Waals surface area contributed by atoms with Gasteiger partial charge >= 0.3 is 0 Å². The third-order valence-corrected chi connectivity index (χ3v) is 4.25. The van der Waals surface area contributed by atoms with Gasteiger partial charge in [0.25, 0.3) is 0 Å². The topological polar surface area (TPSA) is 51.4 Å². The van der Waals surface area contributed by atoms with E-state index in [1.54, 1.807) is 0 Å². The first-order valence-electron chi connectivity index (χ1n) is 6.58. The summed E-state index contributed by atoms with van der Waals surface area (Å²) < 4.78 is 7.83. The van der Waals surface area contributed by atoms with Crippen LogP contribution in [0, 0.1) is 0 Å². The molecule has 0 bridgehead atoms. The van der Waals surface area contributed by atoms with Crippen molar-refractivity contribution in [3.8, 4) is 0 Å². The molecule has 2 rings (SSSR count). The number of pyridine rings is 1. The Labute approximate surface area is 131 Å². The SMILES string of the molecule is NCCCOC1CCN(c2ncc(Br)cc2Br)CC1. The standard InChI is InChI=1S/C13H19Br2N3O/c14-10-8-12(15)13(17-9-10)18-5-2-11(3-6-18)19-7-1-4-16/h8-9,11H,1-7,16H2. The van der Waals surface area contributed by atoms with Crippen LogP contribution in [0.25, 0.3) is 0 Å². The second-order valence-corrected chi connectivity index (χ2v) is 6.43. The van der Waals surface area contributed by atoms with Crippen LogP contribution >= 0.6 is 31.9 Å². The van der Waals surface area contributed by atoms with Crippen LogP contribution in [0.2, 0.25) is 0 Å². The lowest BCUT2D eigenvalue weighted by Gasteiger charge is -2.33. The second kappa shape index (κ2) is 7.57. The molecule has 4 nitrogen and oxygen atoms in total. The molecule has 1 aromatic heterocycles. The van der Waals surface area contributed by atoms with Crippen LogP contribution in [0.3, 0.4) is 0 Å². The van der Waals surface area contributed by atoms with Crippen LogP contribution in [-0.4, -0.2) is 37.3 Å². The molecule has 6 heteroatoms. The summed E-state index contributed by atoms with van der Waals surface area (Å²) in [6.45, 7) is 3.46. The van der Waals surface area contributed by atoms with Crippen molar-refractivity contribution >= 4 is 37.7 Å². The van der Waals surface area contributed by atoms with Crippen LogP contribution in [-0.2, 0) is 4.74 Å². The molecule has 106 valence electrons. The van der Waals surface area contributed by atoms with Gasteiger partial charge in [0.05, 0.1) is 10.6 Å². The zero-order valence-electron chi connectivity index (χ0n) is 10.8. The number of halogens is 2. The van der Waals surface area contributed by atoms with Crippen molar-refractivity contribution in [2.24, 2.45) is 5.73 Å². The first kappa shape index (κ1) is 15.2. The molecule has 0 amide bonds. The first-order valence-corrected chi connectivity index (χ1v) is 8.17. The van der Waals surface area contributed by atoms with E-state index in [1.807, 2.05) is 12.3 Å². The van der Waals surface area contributed by atoms with Crippen molar-refractivity contribution < 1.29 is 4.74 Å². The number of aromatic nitrogens is 1. The Balaban J connectivity index is 1.85. The number of hydrogen-bond acceptors (Lipinski definition) is 4. The predicted octanol–water partition coefficient (Wildman–Crippen LogP) is 2.94. The minimum Gasteiger partial charge on any atom is -0.378 e. The zero-order chi connectivity index (χ0) is 13.7. The Morgan fingerprint density at radius 1 is 1.37 bits per heavy atom. The maximum absolute atomic E-state index is 5.81. The number of piperidine rings is 1. The second-order valence-electron chi connectivity index (χ2n) is 4.66. The van der Waals surface area contributed by atoms with E-state index < -0.39 is 0 Å².